The highest BCUT2D eigenvalue weighted by Crippen LogP contribution is 2.28. The lowest BCUT2D eigenvalue weighted by Crippen LogP contribution is -2.22. The van der Waals surface area contributed by atoms with Gasteiger partial charge in [0.2, 0.25) is 0 Å². The fourth-order valence-electron chi connectivity index (χ4n) is 0.259. The number of rotatable bonds is 2. The molecule has 1 unspecified atom stereocenters. The van der Waals surface area contributed by atoms with Gasteiger partial charge in [-0.15, -0.1) is 0 Å². The zero-order valence-corrected chi connectivity index (χ0v) is 7.55. The SMILES string of the molecule is FC(F)(F)C(Br)CCBr. The Morgan fingerprint density at radius 3 is 1.89 bits per heavy atom. The van der Waals surface area contributed by atoms with Gasteiger partial charge in [0.1, 0.15) is 4.83 Å². The van der Waals surface area contributed by atoms with Gasteiger partial charge >= 0.3 is 6.18 Å². The van der Waals surface area contributed by atoms with Gasteiger partial charge in [0, 0.05) is 5.33 Å². The highest BCUT2D eigenvalue weighted by atomic mass is 79.9. The van der Waals surface area contributed by atoms with E-state index in [0.717, 1.165) is 0 Å². The summed E-state index contributed by atoms with van der Waals surface area (Å²) in [7, 11) is 0. The lowest BCUT2D eigenvalue weighted by Gasteiger charge is -2.11. The molecule has 0 radical (unpaired) electrons. The maximum absolute atomic E-state index is 11.6. The molecule has 0 aliphatic rings. The van der Waals surface area contributed by atoms with Crippen molar-refractivity contribution in [3.05, 3.63) is 0 Å². The van der Waals surface area contributed by atoms with Crippen molar-refractivity contribution in [1.29, 1.82) is 0 Å². The lowest BCUT2D eigenvalue weighted by atomic mass is 10.3. The molecule has 0 aliphatic heterocycles. The first kappa shape index (κ1) is 9.75. The van der Waals surface area contributed by atoms with Crippen LogP contribution in [0, 0.1) is 0 Å². The summed E-state index contributed by atoms with van der Waals surface area (Å²) in [6.07, 6.45) is -4.03. The molecule has 0 amide bonds. The molecule has 0 saturated heterocycles. The number of alkyl halides is 5. The molecule has 0 spiro atoms. The molecular formula is C4H5Br2F3. The van der Waals surface area contributed by atoms with E-state index in [1.54, 1.807) is 0 Å². The van der Waals surface area contributed by atoms with Crippen molar-refractivity contribution in [2.75, 3.05) is 5.33 Å². The van der Waals surface area contributed by atoms with Gasteiger partial charge in [0.05, 0.1) is 0 Å². The third-order valence-electron chi connectivity index (χ3n) is 0.718. The Labute approximate surface area is 68.1 Å². The third-order valence-corrected chi connectivity index (χ3v) is 2.15. The van der Waals surface area contributed by atoms with E-state index >= 15 is 0 Å². The Bertz CT molecular complexity index is 80.4. The van der Waals surface area contributed by atoms with Crippen molar-refractivity contribution in [3.8, 4) is 0 Å². The van der Waals surface area contributed by atoms with Crippen molar-refractivity contribution in [3.63, 3.8) is 0 Å². The van der Waals surface area contributed by atoms with Crippen molar-refractivity contribution < 1.29 is 13.2 Å². The second kappa shape index (κ2) is 3.81. The Morgan fingerprint density at radius 1 is 1.33 bits per heavy atom. The van der Waals surface area contributed by atoms with Crippen LogP contribution in [-0.2, 0) is 0 Å². The van der Waals surface area contributed by atoms with Crippen LogP contribution in [0.1, 0.15) is 6.42 Å². The average Bonchev–Trinajstić information content (AvgIpc) is 1.64. The van der Waals surface area contributed by atoms with Crippen LogP contribution < -0.4 is 0 Å². The molecule has 56 valence electrons. The predicted molar refractivity (Wildman–Crippen MR) is 37.2 cm³/mol. The molecule has 1 atom stereocenters. The average molecular weight is 270 g/mol. The van der Waals surface area contributed by atoms with E-state index in [9.17, 15) is 13.2 Å². The minimum atomic E-state index is -4.10. The van der Waals surface area contributed by atoms with Gasteiger partial charge in [-0.25, -0.2) is 0 Å². The van der Waals surface area contributed by atoms with Crippen molar-refractivity contribution in [2.45, 2.75) is 17.4 Å². The number of hydrogen-bond acceptors (Lipinski definition) is 0. The summed E-state index contributed by atoms with van der Waals surface area (Å²) < 4.78 is 34.7. The van der Waals surface area contributed by atoms with Gasteiger partial charge in [0.15, 0.2) is 0 Å². The quantitative estimate of drug-likeness (QED) is 0.676. The normalized spacial score (nSPS) is 15.7. The summed E-state index contributed by atoms with van der Waals surface area (Å²) in [5, 5.41) is 0.364. The Kier molecular flexibility index (Phi) is 4.12. The largest absolute Gasteiger partial charge is 0.401 e. The Hall–Kier alpha value is 0.750. The topological polar surface area (TPSA) is 0 Å². The molecule has 0 N–H and O–H groups in total. The molecule has 0 aromatic heterocycles. The van der Waals surface area contributed by atoms with Gasteiger partial charge < -0.3 is 0 Å². The van der Waals surface area contributed by atoms with E-state index in [-0.39, 0.29) is 6.42 Å². The van der Waals surface area contributed by atoms with Gasteiger partial charge in [-0.05, 0) is 6.42 Å². The summed E-state index contributed by atoms with van der Waals surface area (Å²) in [6.45, 7) is 0. The van der Waals surface area contributed by atoms with Crippen LogP contribution in [0.4, 0.5) is 13.2 Å². The molecule has 0 aromatic carbocycles. The van der Waals surface area contributed by atoms with E-state index in [1.807, 2.05) is 0 Å². The van der Waals surface area contributed by atoms with Crippen LogP contribution in [0.2, 0.25) is 0 Å². The Morgan fingerprint density at radius 2 is 1.78 bits per heavy atom. The van der Waals surface area contributed by atoms with E-state index in [1.165, 1.54) is 0 Å². The molecular weight excluding hydrogens is 265 g/mol. The molecule has 5 heteroatoms. The monoisotopic (exact) mass is 268 g/mol. The maximum atomic E-state index is 11.6. The lowest BCUT2D eigenvalue weighted by molar-refractivity contribution is -0.127. The predicted octanol–water partition coefficient (Wildman–Crippen LogP) is 3.10. The first-order chi connectivity index (χ1) is 3.98. The first-order valence-corrected chi connectivity index (χ1v) is 4.29. The molecule has 0 nitrogen and oxygen atoms in total. The van der Waals surface area contributed by atoms with Crippen molar-refractivity contribution in [2.24, 2.45) is 0 Å². The third kappa shape index (κ3) is 4.19. The van der Waals surface area contributed by atoms with Crippen LogP contribution in [-0.4, -0.2) is 16.3 Å². The molecule has 0 aliphatic carbocycles. The van der Waals surface area contributed by atoms with Crippen LogP contribution in [0.3, 0.4) is 0 Å². The zero-order chi connectivity index (χ0) is 7.49. The molecule has 0 bridgehead atoms. The van der Waals surface area contributed by atoms with E-state index in [2.05, 4.69) is 31.9 Å². The van der Waals surface area contributed by atoms with Crippen LogP contribution >= 0.6 is 31.9 Å². The molecule has 0 aromatic rings. The van der Waals surface area contributed by atoms with E-state index in [4.69, 9.17) is 0 Å². The maximum Gasteiger partial charge on any atom is 0.401 e. The highest BCUT2D eigenvalue weighted by Gasteiger charge is 2.36. The minimum Gasteiger partial charge on any atom is -0.170 e. The van der Waals surface area contributed by atoms with Gasteiger partial charge in [-0.1, -0.05) is 31.9 Å². The number of halogens is 5. The summed E-state index contributed by atoms with van der Waals surface area (Å²) >= 11 is 5.42. The molecule has 9 heavy (non-hydrogen) atoms. The summed E-state index contributed by atoms with van der Waals surface area (Å²) in [4.78, 5) is -1.37. The van der Waals surface area contributed by atoms with Gasteiger partial charge in [-0.3, -0.25) is 0 Å². The number of hydrogen-bond donors (Lipinski definition) is 0. The van der Waals surface area contributed by atoms with Gasteiger partial charge in [0.25, 0.3) is 0 Å². The second-order valence-corrected chi connectivity index (χ2v) is 3.39. The van der Waals surface area contributed by atoms with E-state index in [0.29, 0.717) is 5.33 Å². The molecule has 0 fully saturated rings. The van der Waals surface area contributed by atoms with Crippen molar-refractivity contribution >= 4 is 31.9 Å². The summed E-state index contributed by atoms with van der Waals surface area (Å²) in [5.74, 6) is 0. The van der Waals surface area contributed by atoms with E-state index < -0.39 is 11.0 Å². The van der Waals surface area contributed by atoms with Crippen LogP contribution in [0.25, 0.3) is 0 Å². The summed E-state index contributed by atoms with van der Waals surface area (Å²) in [6, 6.07) is 0. The van der Waals surface area contributed by atoms with Crippen molar-refractivity contribution in [1.82, 2.24) is 0 Å². The highest BCUT2D eigenvalue weighted by molar-refractivity contribution is 9.10. The van der Waals surface area contributed by atoms with Gasteiger partial charge in [-0.2, -0.15) is 13.2 Å². The van der Waals surface area contributed by atoms with Crippen LogP contribution in [0.15, 0.2) is 0 Å². The second-order valence-electron chi connectivity index (χ2n) is 1.49. The summed E-state index contributed by atoms with van der Waals surface area (Å²) in [5.41, 5.74) is 0. The fourth-order valence-corrected chi connectivity index (χ4v) is 1.56. The zero-order valence-electron chi connectivity index (χ0n) is 4.38. The van der Waals surface area contributed by atoms with Crippen LogP contribution in [0.5, 0.6) is 0 Å². The molecule has 0 rings (SSSR count). The minimum absolute atomic E-state index is 0.0729. The molecule has 0 heterocycles. The Balaban J connectivity index is 3.59. The smallest absolute Gasteiger partial charge is 0.170 e. The molecule has 0 saturated carbocycles. The standard InChI is InChI=1S/C4H5Br2F3/c5-2-1-3(6)4(7,8)9/h3H,1-2H2. The first-order valence-electron chi connectivity index (χ1n) is 2.25. The fraction of sp³-hybridized carbons (Fsp3) is 1.00.